The molecule has 134 valence electrons. The van der Waals surface area contributed by atoms with Gasteiger partial charge in [-0.2, -0.15) is 0 Å². The van der Waals surface area contributed by atoms with Gasteiger partial charge in [0.1, 0.15) is 5.65 Å². The maximum atomic E-state index is 13.4. The molecule has 2 N–H and O–H groups in total. The molecule has 0 radical (unpaired) electrons. The third-order valence-corrected chi connectivity index (χ3v) is 5.15. The first-order valence-corrected chi connectivity index (χ1v) is 9.31. The Bertz CT molecular complexity index is 868. The number of anilines is 1. The third-order valence-electron chi connectivity index (χ3n) is 5.15. The van der Waals surface area contributed by atoms with Gasteiger partial charge in [-0.3, -0.25) is 4.79 Å². The number of rotatable bonds is 5. The number of amides is 1. The molecule has 4 rings (SSSR count). The molecule has 1 aromatic carbocycles. The van der Waals surface area contributed by atoms with E-state index in [-0.39, 0.29) is 11.8 Å². The lowest BCUT2D eigenvalue weighted by Gasteiger charge is -2.30. The molecular formula is C21H24N4O. The monoisotopic (exact) mass is 348 g/mol. The van der Waals surface area contributed by atoms with E-state index in [1.54, 1.807) is 6.20 Å². The molecule has 0 saturated carbocycles. The molecule has 0 spiro atoms. The van der Waals surface area contributed by atoms with Crippen LogP contribution in [-0.2, 0) is 11.2 Å². The van der Waals surface area contributed by atoms with Gasteiger partial charge in [0, 0.05) is 30.2 Å². The smallest absolute Gasteiger partial charge is 0.230 e. The number of hydrogen-bond donors (Lipinski definition) is 2. The number of fused-ring (bicyclic) bond motifs is 1. The molecule has 1 amide bonds. The van der Waals surface area contributed by atoms with E-state index in [1.807, 2.05) is 41.4 Å². The van der Waals surface area contributed by atoms with E-state index in [9.17, 15) is 4.79 Å². The van der Waals surface area contributed by atoms with Crippen molar-refractivity contribution >= 4 is 22.6 Å². The predicted molar refractivity (Wildman–Crippen MR) is 104 cm³/mol. The molecule has 3 heterocycles. The van der Waals surface area contributed by atoms with Crippen molar-refractivity contribution in [2.24, 2.45) is 5.92 Å². The second-order valence-electron chi connectivity index (χ2n) is 6.82. The SMILES string of the molecule is O=C(C1CCNCC1)N(CCc1ccccc1)c1ccnc2[nH]ccc12. The number of H-pyrrole nitrogens is 1. The lowest BCUT2D eigenvalue weighted by atomic mass is 9.96. The van der Waals surface area contributed by atoms with E-state index in [0.29, 0.717) is 6.54 Å². The van der Waals surface area contributed by atoms with Gasteiger partial charge in [-0.15, -0.1) is 0 Å². The van der Waals surface area contributed by atoms with Gasteiger partial charge < -0.3 is 15.2 Å². The van der Waals surface area contributed by atoms with Crippen LogP contribution in [0.5, 0.6) is 0 Å². The van der Waals surface area contributed by atoms with Gasteiger partial charge in [0.15, 0.2) is 0 Å². The Labute approximate surface area is 153 Å². The van der Waals surface area contributed by atoms with Crippen LogP contribution in [0.15, 0.2) is 54.9 Å². The fraction of sp³-hybridized carbons (Fsp3) is 0.333. The van der Waals surface area contributed by atoms with Crippen molar-refractivity contribution in [2.75, 3.05) is 24.5 Å². The van der Waals surface area contributed by atoms with Crippen molar-refractivity contribution in [1.29, 1.82) is 0 Å². The number of benzene rings is 1. The van der Waals surface area contributed by atoms with Crippen LogP contribution in [0.25, 0.3) is 11.0 Å². The van der Waals surface area contributed by atoms with Crippen LogP contribution >= 0.6 is 0 Å². The Morgan fingerprint density at radius 3 is 2.73 bits per heavy atom. The topological polar surface area (TPSA) is 61.0 Å². The maximum Gasteiger partial charge on any atom is 0.230 e. The quantitative estimate of drug-likeness (QED) is 0.745. The molecule has 1 saturated heterocycles. The molecule has 26 heavy (non-hydrogen) atoms. The molecule has 0 aliphatic carbocycles. The standard InChI is InChI=1S/C21H24N4O/c26-21(17-6-11-22-12-7-17)25(15-10-16-4-2-1-3-5-16)19-9-14-24-20-18(19)8-13-23-20/h1-5,8-9,13-14,17,22H,6-7,10-12,15H2,(H,23,24). The molecule has 3 aromatic rings. The number of aromatic amines is 1. The number of nitrogens with zero attached hydrogens (tertiary/aromatic N) is 2. The number of piperidine rings is 1. The molecule has 0 atom stereocenters. The largest absolute Gasteiger partial charge is 0.346 e. The summed E-state index contributed by atoms with van der Waals surface area (Å²) < 4.78 is 0. The summed E-state index contributed by atoms with van der Waals surface area (Å²) in [6, 6.07) is 14.3. The zero-order chi connectivity index (χ0) is 17.8. The summed E-state index contributed by atoms with van der Waals surface area (Å²) in [6.07, 6.45) is 6.31. The number of aromatic nitrogens is 2. The Morgan fingerprint density at radius 1 is 1.12 bits per heavy atom. The van der Waals surface area contributed by atoms with Crippen LogP contribution in [0, 0.1) is 5.92 Å². The van der Waals surface area contributed by atoms with E-state index < -0.39 is 0 Å². The highest BCUT2D eigenvalue weighted by Crippen LogP contribution is 2.28. The van der Waals surface area contributed by atoms with Crippen molar-refractivity contribution in [3.8, 4) is 0 Å². The molecule has 5 heteroatoms. The van der Waals surface area contributed by atoms with Gasteiger partial charge in [-0.05, 0) is 50.0 Å². The molecular weight excluding hydrogens is 324 g/mol. The van der Waals surface area contributed by atoms with Crippen molar-refractivity contribution in [3.63, 3.8) is 0 Å². The fourth-order valence-electron chi connectivity index (χ4n) is 3.71. The number of carbonyl (C=O) groups excluding carboxylic acids is 1. The summed E-state index contributed by atoms with van der Waals surface area (Å²) >= 11 is 0. The van der Waals surface area contributed by atoms with E-state index in [0.717, 1.165) is 49.1 Å². The lowest BCUT2D eigenvalue weighted by molar-refractivity contribution is -0.123. The van der Waals surface area contributed by atoms with E-state index >= 15 is 0 Å². The van der Waals surface area contributed by atoms with Gasteiger partial charge in [0.2, 0.25) is 5.91 Å². The summed E-state index contributed by atoms with van der Waals surface area (Å²) in [6.45, 7) is 2.51. The van der Waals surface area contributed by atoms with E-state index in [2.05, 4.69) is 27.4 Å². The van der Waals surface area contributed by atoms with Gasteiger partial charge in [0.25, 0.3) is 0 Å². The molecule has 0 unspecified atom stereocenters. The van der Waals surface area contributed by atoms with E-state index in [1.165, 1.54) is 5.56 Å². The lowest BCUT2D eigenvalue weighted by Crippen LogP contribution is -2.42. The van der Waals surface area contributed by atoms with Gasteiger partial charge in [-0.25, -0.2) is 4.98 Å². The van der Waals surface area contributed by atoms with Gasteiger partial charge in [-0.1, -0.05) is 30.3 Å². The van der Waals surface area contributed by atoms with Crippen LogP contribution in [0.3, 0.4) is 0 Å². The Kier molecular flexibility index (Phi) is 4.97. The average molecular weight is 348 g/mol. The minimum Gasteiger partial charge on any atom is -0.346 e. The molecule has 1 aliphatic heterocycles. The van der Waals surface area contributed by atoms with Crippen LogP contribution in [0.4, 0.5) is 5.69 Å². The minimum atomic E-state index is 0.0918. The highest BCUT2D eigenvalue weighted by molar-refractivity contribution is 6.02. The normalized spacial score (nSPS) is 15.2. The van der Waals surface area contributed by atoms with Crippen LogP contribution in [-0.4, -0.2) is 35.5 Å². The first-order valence-electron chi connectivity index (χ1n) is 9.31. The predicted octanol–water partition coefficient (Wildman–Crippen LogP) is 3.14. The first kappa shape index (κ1) is 16.8. The van der Waals surface area contributed by atoms with Crippen molar-refractivity contribution < 1.29 is 4.79 Å². The number of nitrogens with one attached hydrogen (secondary N) is 2. The minimum absolute atomic E-state index is 0.0918. The zero-order valence-corrected chi connectivity index (χ0v) is 14.8. The molecule has 1 aliphatic rings. The van der Waals surface area contributed by atoms with Crippen molar-refractivity contribution in [1.82, 2.24) is 15.3 Å². The Morgan fingerprint density at radius 2 is 1.92 bits per heavy atom. The second kappa shape index (κ2) is 7.70. The molecule has 1 fully saturated rings. The molecule has 5 nitrogen and oxygen atoms in total. The van der Waals surface area contributed by atoms with Crippen LogP contribution in [0.2, 0.25) is 0 Å². The fourth-order valence-corrected chi connectivity index (χ4v) is 3.71. The first-order chi connectivity index (χ1) is 12.8. The molecule has 0 bridgehead atoms. The van der Waals surface area contributed by atoms with Crippen LogP contribution in [0.1, 0.15) is 18.4 Å². The molecule has 2 aromatic heterocycles. The summed E-state index contributed by atoms with van der Waals surface area (Å²) in [5.41, 5.74) is 3.02. The third kappa shape index (κ3) is 3.48. The summed E-state index contributed by atoms with van der Waals surface area (Å²) in [4.78, 5) is 22.8. The van der Waals surface area contributed by atoms with Gasteiger partial charge >= 0.3 is 0 Å². The highest BCUT2D eigenvalue weighted by Gasteiger charge is 2.27. The van der Waals surface area contributed by atoms with Crippen molar-refractivity contribution in [2.45, 2.75) is 19.3 Å². The highest BCUT2D eigenvalue weighted by atomic mass is 16.2. The van der Waals surface area contributed by atoms with Crippen molar-refractivity contribution in [3.05, 3.63) is 60.4 Å². The maximum absolute atomic E-state index is 13.4. The Balaban J connectivity index is 1.64. The van der Waals surface area contributed by atoms with E-state index in [4.69, 9.17) is 0 Å². The summed E-state index contributed by atoms with van der Waals surface area (Å²) in [7, 11) is 0. The average Bonchev–Trinajstić information content (AvgIpc) is 3.19. The van der Waals surface area contributed by atoms with Gasteiger partial charge in [0.05, 0.1) is 5.69 Å². The number of hydrogen-bond acceptors (Lipinski definition) is 3. The Hall–Kier alpha value is -2.66. The summed E-state index contributed by atoms with van der Waals surface area (Å²) in [5, 5.41) is 4.35. The number of carbonyl (C=O) groups is 1. The van der Waals surface area contributed by atoms with Crippen LogP contribution < -0.4 is 10.2 Å². The number of pyridine rings is 1. The second-order valence-corrected chi connectivity index (χ2v) is 6.82. The zero-order valence-electron chi connectivity index (χ0n) is 14.8. The summed E-state index contributed by atoms with van der Waals surface area (Å²) in [5.74, 6) is 0.324.